The van der Waals surface area contributed by atoms with Gasteiger partial charge in [0, 0.05) is 6.04 Å². The third-order valence-electron chi connectivity index (χ3n) is 4.08. The summed E-state index contributed by atoms with van der Waals surface area (Å²) in [6.45, 7) is 9.19. The van der Waals surface area contributed by atoms with Crippen molar-refractivity contribution < 1.29 is 4.79 Å². The number of nitriles is 1. The van der Waals surface area contributed by atoms with Crippen LogP contribution in [0.1, 0.15) is 59.8 Å². The van der Waals surface area contributed by atoms with Gasteiger partial charge in [0.1, 0.15) is 5.54 Å². The summed E-state index contributed by atoms with van der Waals surface area (Å²) < 4.78 is 0. The quantitative estimate of drug-likeness (QED) is 0.719. The lowest BCUT2D eigenvalue weighted by molar-refractivity contribution is -0.124. The molecule has 0 radical (unpaired) electrons. The first-order chi connectivity index (χ1) is 9.71. The van der Waals surface area contributed by atoms with Crippen LogP contribution < -0.4 is 16.4 Å². The van der Waals surface area contributed by atoms with Gasteiger partial charge in [0.2, 0.25) is 5.91 Å². The van der Waals surface area contributed by atoms with Crippen molar-refractivity contribution in [1.82, 2.24) is 10.6 Å². The number of hydrogen-bond acceptors (Lipinski definition) is 4. The number of amides is 1. The van der Waals surface area contributed by atoms with E-state index < -0.39 is 11.6 Å². The van der Waals surface area contributed by atoms with Crippen molar-refractivity contribution in [2.45, 2.75) is 77.4 Å². The van der Waals surface area contributed by atoms with Crippen LogP contribution >= 0.6 is 0 Å². The molecule has 0 aromatic carbocycles. The third kappa shape index (κ3) is 5.64. The minimum Gasteiger partial charge on any atom is -0.336 e. The van der Waals surface area contributed by atoms with Crippen LogP contribution in [0.15, 0.2) is 0 Å². The van der Waals surface area contributed by atoms with E-state index in [1.54, 1.807) is 0 Å². The van der Waals surface area contributed by atoms with Crippen LogP contribution in [0.5, 0.6) is 0 Å². The lowest BCUT2D eigenvalue weighted by atomic mass is 9.79. The molecule has 4 N–H and O–H groups in total. The number of nitrogens with two attached hydrogens (primary N) is 1. The predicted molar refractivity (Wildman–Crippen MR) is 84.5 cm³/mol. The summed E-state index contributed by atoms with van der Waals surface area (Å²) in [5.41, 5.74) is 5.24. The summed E-state index contributed by atoms with van der Waals surface area (Å²) in [5.74, 6) is -0.201. The fraction of sp³-hybridized carbons (Fsp3) is 0.875. The Morgan fingerprint density at radius 3 is 2.43 bits per heavy atom. The van der Waals surface area contributed by atoms with Crippen molar-refractivity contribution in [2.75, 3.05) is 6.54 Å². The lowest BCUT2D eigenvalue weighted by Gasteiger charge is -2.36. The average Bonchev–Trinajstić information content (AvgIpc) is 2.39. The van der Waals surface area contributed by atoms with Gasteiger partial charge in [-0.2, -0.15) is 5.26 Å². The van der Waals surface area contributed by atoms with Crippen molar-refractivity contribution in [2.24, 2.45) is 11.1 Å². The van der Waals surface area contributed by atoms with E-state index in [0.29, 0.717) is 25.3 Å². The second-order valence-corrected chi connectivity index (χ2v) is 7.39. The van der Waals surface area contributed by atoms with E-state index in [2.05, 4.69) is 44.4 Å². The first-order valence-electron chi connectivity index (χ1n) is 7.93. The lowest BCUT2D eigenvalue weighted by Crippen LogP contribution is -2.56. The fourth-order valence-corrected chi connectivity index (χ4v) is 2.95. The van der Waals surface area contributed by atoms with Gasteiger partial charge in [-0.1, -0.05) is 27.7 Å². The van der Waals surface area contributed by atoms with E-state index in [1.807, 2.05) is 0 Å². The summed E-state index contributed by atoms with van der Waals surface area (Å²) in [6, 6.07) is 2.21. The second-order valence-electron chi connectivity index (χ2n) is 7.39. The summed E-state index contributed by atoms with van der Waals surface area (Å²) in [6.07, 6.45) is 3.82. The highest BCUT2D eigenvalue weighted by atomic mass is 16.2. The monoisotopic (exact) mass is 294 g/mol. The highest BCUT2D eigenvalue weighted by Gasteiger charge is 2.38. The topological polar surface area (TPSA) is 90.9 Å². The molecule has 1 atom stereocenters. The van der Waals surface area contributed by atoms with Gasteiger partial charge >= 0.3 is 0 Å². The molecule has 1 fully saturated rings. The Balaban J connectivity index is 2.59. The van der Waals surface area contributed by atoms with Crippen LogP contribution in [0.25, 0.3) is 0 Å². The number of nitrogens with one attached hydrogen (secondary N) is 2. The highest BCUT2D eigenvalue weighted by molar-refractivity contribution is 5.82. The van der Waals surface area contributed by atoms with Crippen LogP contribution in [-0.2, 0) is 4.79 Å². The molecule has 5 heteroatoms. The minimum absolute atomic E-state index is 0.000725. The number of nitrogens with zero attached hydrogens (tertiary/aromatic N) is 1. The fourth-order valence-electron chi connectivity index (χ4n) is 2.95. The van der Waals surface area contributed by atoms with E-state index >= 15 is 0 Å². The summed E-state index contributed by atoms with van der Waals surface area (Å²) >= 11 is 0. The second kappa shape index (κ2) is 7.24. The van der Waals surface area contributed by atoms with E-state index in [4.69, 9.17) is 5.73 Å². The maximum absolute atomic E-state index is 12.3. The van der Waals surface area contributed by atoms with E-state index in [1.165, 1.54) is 0 Å². The molecule has 120 valence electrons. The first-order valence-corrected chi connectivity index (χ1v) is 7.93. The molecule has 0 spiro atoms. The van der Waals surface area contributed by atoms with Crippen molar-refractivity contribution in [1.29, 1.82) is 5.26 Å². The Morgan fingerprint density at radius 1 is 1.43 bits per heavy atom. The van der Waals surface area contributed by atoms with E-state index in [-0.39, 0.29) is 11.3 Å². The maximum atomic E-state index is 12.3. The Labute approximate surface area is 128 Å². The third-order valence-corrected chi connectivity index (χ3v) is 4.08. The minimum atomic E-state index is -0.738. The summed E-state index contributed by atoms with van der Waals surface area (Å²) in [5, 5.41) is 15.8. The molecule has 5 nitrogen and oxygen atoms in total. The zero-order chi connectivity index (χ0) is 16.1. The van der Waals surface area contributed by atoms with Gasteiger partial charge in [0.15, 0.2) is 0 Å². The predicted octanol–water partition coefficient (Wildman–Crippen LogP) is 1.68. The molecule has 0 aliphatic heterocycles. The van der Waals surface area contributed by atoms with Crippen LogP contribution in [0.4, 0.5) is 0 Å². The summed E-state index contributed by atoms with van der Waals surface area (Å²) in [7, 11) is 0. The maximum Gasteiger partial charge on any atom is 0.238 e. The Bertz CT molecular complexity index is 386. The normalized spacial score (nSPS) is 27.7. The molecule has 1 saturated carbocycles. The van der Waals surface area contributed by atoms with E-state index in [0.717, 1.165) is 19.4 Å². The standard InChI is InChI=1S/C16H30N4O/c1-5-19-12-6-8-16(11-17,9-7-12)20-14(21)13(18)10-15(2,3)4/h12-13,19H,5-10,18H2,1-4H3,(H,20,21)/t12?,13-,16?/m0/s1. The van der Waals surface area contributed by atoms with Gasteiger partial charge in [-0.15, -0.1) is 0 Å². The average molecular weight is 294 g/mol. The van der Waals surface area contributed by atoms with Crippen LogP contribution in [0, 0.1) is 16.7 Å². The molecule has 1 rings (SSSR count). The van der Waals surface area contributed by atoms with Gasteiger partial charge in [-0.3, -0.25) is 4.79 Å². The van der Waals surface area contributed by atoms with Gasteiger partial charge in [-0.25, -0.2) is 0 Å². The van der Waals surface area contributed by atoms with Gasteiger partial charge in [0.25, 0.3) is 0 Å². The van der Waals surface area contributed by atoms with Crippen molar-refractivity contribution in [3.05, 3.63) is 0 Å². The van der Waals surface area contributed by atoms with Gasteiger partial charge in [0.05, 0.1) is 12.1 Å². The van der Waals surface area contributed by atoms with Crippen LogP contribution in [0.3, 0.4) is 0 Å². The van der Waals surface area contributed by atoms with Crippen molar-refractivity contribution in [3.8, 4) is 6.07 Å². The molecule has 1 amide bonds. The molecule has 1 aliphatic carbocycles. The zero-order valence-electron chi connectivity index (χ0n) is 13.8. The molecule has 0 unspecified atom stereocenters. The molecule has 0 heterocycles. The highest BCUT2D eigenvalue weighted by Crippen LogP contribution is 2.28. The molecule has 0 bridgehead atoms. The largest absolute Gasteiger partial charge is 0.336 e. The molecule has 0 aromatic rings. The van der Waals surface area contributed by atoms with Gasteiger partial charge < -0.3 is 16.4 Å². The van der Waals surface area contributed by atoms with Gasteiger partial charge in [-0.05, 0) is 44.1 Å². The van der Waals surface area contributed by atoms with Crippen LogP contribution in [-0.4, -0.2) is 30.1 Å². The van der Waals surface area contributed by atoms with Crippen molar-refractivity contribution in [3.63, 3.8) is 0 Å². The Kier molecular flexibility index (Phi) is 6.18. The van der Waals surface area contributed by atoms with Crippen molar-refractivity contribution >= 4 is 5.91 Å². The number of carbonyl (C=O) groups excluding carboxylic acids is 1. The summed E-state index contributed by atoms with van der Waals surface area (Å²) in [4.78, 5) is 12.3. The SMILES string of the molecule is CCNC1CCC(C#N)(NC(=O)[C@@H](N)CC(C)(C)C)CC1. The Morgan fingerprint density at radius 2 is 2.00 bits per heavy atom. The Hall–Kier alpha value is -1.12. The molecule has 21 heavy (non-hydrogen) atoms. The van der Waals surface area contributed by atoms with Crippen LogP contribution in [0.2, 0.25) is 0 Å². The first kappa shape index (κ1) is 17.9. The molecular formula is C16H30N4O. The molecule has 0 aromatic heterocycles. The number of carbonyl (C=O) groups is 1. The number of hydrogen-bond donors (Lipinski definition) is 3. The molecular weight excluding hydrogens is 264 g/mol. The molecule has 0 saturated heterocycles. The smallest absolute Gasteiger partial charge is 0.238 e. The van der Waals surface area contributed by atoms with E-state index in [9.17, 15) is 10.1 Å². The molecule has 1 aliphatic rings. The zero-order valence-corrected chi connectivity index (χ0v) is 13.8. The number of rotatable bonds is 5.